The smallest absolute Gasteiger partial charge is 0.319 e. The van der Waals surface area contributed by atoms with Crippen LogP contribution < -0.4 is 10.6 Å². The Morgan fingerprint density at radius 1 is 1.33 bits per heavy atom. The van der Waals surface area contributed by atoms with Crippen molar-refractivity contribution in [3.8, 4) is 0 Å². The van der Waals surface area contributed by atoms with Gasteiger partial charge in [-0.15, -0.1) is 0 Å². The number of aromatic nitrogens is 4. The van der Waals surface area contributed by atoms with Gasteiger partial charge in [0.1, 0.15) is 12.2 Å². The number of amides is 2. The number of nitrogens with one attached hydrogen (secondary N) is 2. The summed E-state index contributed by atoms with van der Waals surface area (Å²) >= 11 is 0. The van der Waals surface area contributed by atoms with E-state index in [0.717, 1.165) is 28.5 Å². The first-order valence-electron chi connectivity index (χ1n) is 6.80. The Bertz CT molecular complexity index is 626. The average molecular weight is 288 g/mol. The maximum atomic E-state index is 11.9. The first-order valence-corrected chi connectivity index (χ1v) is 6.80. The van der Waals surface area contributed by atoms with E-state index in [-0.39, 0.29) is 6.03 Å². The van der Waals surface area contributed by atoms with Crippen molar-refractivity contribution in [1.82, 2.24) is 25.1 Å². The molecule has 2 N–H and O–H groups in total. The van der Waals surface area contributed by atoms with Crippen LogP contribution in [0.4, 0.5) is 10.5 Å². The highest BCUT2D eigenvalue weighted by Gasteiger charge is 2.09. The lowest BCUT2D eigenvalue weighted by molar-refractivity contribution is 0.252. The molecule has 21 heavy (non-hydrogen) atoms. The summed E-state index contributed by atoms with van der Waals surface area (Å²) in [5.41, 5.74) is 3.52. The van der Waals surface area contributed by atoms with Crippen LogP contribution in [0.1, 0.15) is 22.8 Å². The number of anilines is 1. The van der Waals surface area contributed by atoms with Crippen LogP contribution in [0.25, 0.3) is 0 Å². The van der Waals surface area contributed by atoms with Gasteiger partial charge in [0.05, 0.1) is 11.4 Å². The van der Waals surface area contributed by atoms with Crippen molar-refractivity contribution in [2.45, 2.75) is 27.2 Å². The number of carbonyl (C=O) groups excluding carboxylic acids is 1. The standard InChI is InChI=1S/C14H20N6O/c1-9-7-10(2)18-11(3)13(9)19-14(21)15-6-5-12-16-8-17-20(12)4/h7-8H,5-6H2,1-4H3,(H2,15,19,21). The van der Waals surface area contributed by atoms with E-state index in [1.54, 1.807) is 4.68 Å². The lowest BCUT2D eigenvalue weighted by atomic mass is 10.1. The average Bonchev–Trinajstić information content (AvgIpc) is 2.80. The van der Waals surface area contributed by atoms with Crippen LogP contribution in [0.5, 0.6) is 0 Å². The number of rotatable bonds is 4. The van der Waals surface area contributed by atoms with Crippen molar-refractivity contribution >= 4 is 11.7 Å². The van der Waals surface area contributed by atoms with Crippen LogP contribution in [0.2, 0.25) is 0 Å². The highest BCUT2D eigenvalue weighted by atomic mass is 16.2. The van der Waals surface area contributed by atoms with E-state index in [0.29, 0.717) is 13.0 Å². The van der Waals surface area contributed by atoms with Crippen molar-refractivity contribution in [2.75, 3.05) is 11.9 Å². The van der Waals surface area contributed by atoms with E-state index >= 15 is 0 Å². The van der Waals surface area contributed by atoms with Crippen molar-refractivity contribution in [1.29, 1.82) is 0 Å². The van der Waals surface area contributed by atoms with Crippen LogP contribution >= 0.6 is 0 Å². The third-order valence-electron chi connectivity index (χ3n) is 3.20. The Balaban J connectivity index is 1.89. The summed E-state index contributed by atoms with van der Waals surface area (Å²) < 4.78 is 1.69. The molecule has 7 heteroatoms. The van der Waals surface area contributed by atoms with Crippen molar-refractivity contribution in [3.63, 3.8) is 0 Å². The van der Waals surface area contributed by atoms with Crippen LogP contribution in [0, 0.1) is 20.8 Å². The highest BCUT2D eigenvalue weighted by molar-refractivity contribution is 5.90. The van der Waals surface area contributed by atoms with Gasteiger partial charge in [-0.2, -0.15) is 5.10 Å². The molecule has 0 aliphatic rings. The monoisotopic (exact) mass is 288 g/mol. The predicted molar refractivity (Wildman–Crippen MR) is 80.2 cm³/mol. The molecule has 0 radical (unpaired) electrons. The van der Waals surface area contributed by atoms with Gasteiger partial charge >= 0.3 is 6.03 Å². The quantitative estimate of drug-likeness (QED) is 0.893. The Labute approximate surface area is 123 Å². The van der Waals surface area contributed by atoms with E-state index < -0.39 is 0 Å². The van der Waals surface area contributed by atoms with Crippen LogP contribution in [-0.2, 0) is 13.5 Å². The van der Waals surface area contributed by atoms with Gasteiger partial charge in [0.2, 0.25) is 0 Å². The molecule has 2 aromatic rings. The van der Waals surface area contributed by atoms with E-state index in [1.807, 2.05) is 33.9 Å². The number of urea groups is 1. The summed E-state index contributed by atoms with van der Waals surface area (Å²) in [6.45, 7) is 6.27. The molecule has 0 aromatic carbocycles. The summed E-state index contributed by atoms with van der Waals surface area (Å²) in [5, 5.41) is 9.63. The molecule has 2 rings (SSSR count). The van der Waals surface area contributed by atoms with Gasteiger partial charge in [0.15, 0.2) is 0 Å². The highest BCUT2D eigenvalue weighted by Crippen LogP contribution is 2.18. The third kappa shape index (κ3) is 3.77. The van der Waals surface area contributed by atoms with Crippen LogP contribution in [0.3, 0.4) is 0 Å². The third-order valence-corrected chi connectivity index (χ3v) is 3.20. The van der Waals surface area contributed by atoms with Gasteiger partial charge in [-0.25, -0.2) is 9.78 Å². The van der Waals surface area contributed by atoms with Crippen molar-refractivity contribution in [2.24, 2.45) is 7.05 Å². The summed E-state index contributed by atoms with van der Waals surface area (Å²) in [6.07, 6.45) is 2.13. The van der Waals surface area contributed by atoms with Crippen molar-refractivity contribution < 1.29 is 4.79 Å². The zero-order valence-electron chi connectivity index (χ0n) is 12.8. The van der Waals surface area contributed by atoms with Gasteiger partial charge in [-0.05, 0) is 32.4 Å². The molecular formula is C14H20N6O. The fourth-order valence-electron chi connectivity index (χ4n) is 2.20. The molecule has 2 amide bonds. The Morgan fingerprint density at radius 2 is 2.10 bits per heavy atom. The second-order valence-corrected chi connectivity index (χ2v) is 4.97. The molecule has 0 spiro atoms. The maximum Gasteiger partial charge on any atom is 0.319 e. The van der Waals surface area contributed by atoms with Crippen LogP contribution in [-0.4, -0.2) is 32.3 Å². The number of pyridine rings is 1. The normalized spacial score (nSPS) is 10.5. The Hall–Kier alpha value is -2.44. The second kappa shape index (κ2) is 6.34. The van der Waals surface area contributed by atoms with E-state index in [4.69, 9.17) is 0 Å². The zero-order chi connectivity index (χ0) is 15.4. The molecule has 2 aromatic heterocycles. The minimum absolute atomic E-state index is 0.242. The molecule has 0 aliphatic carbocycles. The van der Waals surface area contributed by atoms with Gasteiger partial charge in [-0.1, -0.05) is 0 Å². The minimum Gasteiger partial charge on any atom is -0.337 e. The SMILES string of the molecule is Cc1cc(C)c(NC(=O)NCCc2ncnn2C)c(C)n1. The molecule has 0 aliphatic heterocycles. The van der Waals surface area contributed by atoms with E-state index in [2.05, 4.69) is 25.7 Å². The van der Waals surface area contributed by atoms with Gasteiger partial charge in [0, 0.05) is 25.7 Å². The van der Waals surface area contributed by atoms with Crippen LogP contribution in [0.15, 0.2) is 12.4 Å². The minimum atomic E-state index is -0.242. The van der Waals surface area contributed by atoms with Gasteiger partial charge in [0.25, 0.3) is 0 Å². The molecule has 7 nitrogen and oxygen atoms in total. The summed E-state index contributed by atoms with van der Waals surface area (Å²) in [4.78, 5) is 20.4. The number of aryl methyl sites for hydroxylation is 4. The number of hydrogen-bond donors (Lipinski definition) is 2. The predicted octanol–water partition coefficient (Wildman–Crippen LogP) is 1.50. The van der Waals surface area contributed by atoms with Crippen molar-refractivity contribution in [3.05, 3.63) is 35.2 Å². The molecular weight excluding hydrogens is 268 g/mol. The summed E-state index contributed by atoms with van der Waals surface area (Å²) in [7, 11) is 1.83. The molecule has 0 unspecified atom stereocenters. The number of carbonyl (C=O) groups is 1. The van der Waals surface area contributed by atoms with Gasteiger partial charge in [-0.3, -0.25) is 9.67 Å². The molecule has 0 atom stereocenters. The fourth-order valence-corrected chi connectivity index (χ4v) is 2.20. The molecule has 112 valence electrons. The topological polar surface area (TPSA) is 84.7 Å². The van der Waals surface area contributed by atoms with E-state index in [9.17, 15) is 4.79 Å². The van der Waals surface area contributed by atoms with Gasteiger partial charge < -0.3 is 10.6 Å². The fraction of sp³-hybridized carbons (Fsp3) is 0.429. The molecule has 0 saturated heterocycles. The summed E-state index contributed by atoms with van der Waals surface area (Å²) in [6, 6.07) is 1.70. The lowest BCUT2D eigenvalue weighted by Crippen LogP contribution is -2.31. The Morgan fingerprint density at radius 3 is 2.71 bits per heavy atom. The lowest BCUT2D eigenvalue weighted by Gasteiger charge is -2.12. The summed E-state index contributed by atoms with van der Waals surface area (Å²) in [5.74, 6) is 0.833. The second-order valence-electron chi connectivity index (χ2n) is 4.97. The van der Waals surface area contributed by atoms with E-state index in [1.165, 1.54) is 6.33 Å². The first-order chi connectivity index (χ1) is 9.97. The Kier molecular flexibility index (Phi) is 4.52. The maximum absolute atomic E-state index is 11.9. The number of hydrogen-bond acceptors (Lipinski definition) is 4. The molecule has 0 bridgehead atoms. The molecule has 0 saturated carbocycles. The number of nitrogens with zero attached hydrogens (tertiary/aromatic N) is 4. The zero-order valence-corrected chi connectivity index (χ0v) is 12.8. The largest absolute Gasteiger partial charge is 0.337 e. The first kappa shape index (κ1) is 15.0. The molecule has 0 fully saturated rings. The molecule has 2 heterocycles.